The Bertz CT molecular complexity index is 245. The molecule has 0 aromatic carbocycles. The zero-order valence-corrected chi connectivity index (χ0v) is 11.4. The van der Waals surface area contributed by atoms with Crippen LogP contribution in [-0.2, 0) is 18.9 Å². The fourth-order valence-electron chi connectivity index (χ4n) is 1.91. The molecule has 1 rings (SSSR count). The lowest BCUT2D eigenvalue weighted by Gasteiger charge is -2.25. The Labute approximate surface area is 108 Å². The first-order valence-corrected chi connectivity index (χ1v) is 6.20. The molecule has 0 unspecified atom stereocenters. The number of rotatable bonds is 7. The van der Waals surface area contributed by atoms with Crippen molar-refractivity contribution in [3.05, 3.63) is 12.7 Å². The van der Waals surface area contributed by atoms with Crippen LogP contribution < -0.4 is 0 Å². The van der Waals surface area contributed by atoms with E-state index in [2.05, 4.69) is 6.58 Å². The molecule has 3 atom stereocenters. The minimum atomic E-state index is -0.625. The molecule has 0 amide bonds. The molecule has 0 radical (unpaired) electrons. The lowest BCUT2D eigenvalue weighted by Crippen LogP contribution is -2.38. The van der Waals surface area contributed by atoms with E-state index in [1.165, 1.54) is 0 Å². The van der Waals surface area contributed by atoms with Gasteiger partial charge < -0.3 is 18.9 Å². The summed E-state index contributed by atoms with van der Waals surface area (Å²) in [6, 6.07) is 0. The van der Waals surface area contributed by atoms with Crippen molar-refractivity contribution in [2.24, 2.45) is 0 Å². The van der Waals surface area contributed by atoms with Crippen LogP contribution in [0.5, 0.6) is 0 Å². The summed E-state index contributed by atoms with van der Waals surface area (Å²) in [5.41, 5.74) is 0. The van der Waals surface area contributed by atoms with Crippen molar-refractivity contribution in [3.8, 4) is 0 Å². The normalized spacial score (nSPS) is 29.2. The molecule has 1 aliphatic rings. The van der Waals surface area contributed by atoms with Gasteiger partial charge in [0.2, 0.25) is 0 Å². The second kappa shape index (κ2) is 6.71. The van der Waals surface area contributed by atoms with Crippen LogP contribution >= 0.6 is 11.6 Å². The number of methoxy groups -OCH3 is 1. The van der Waals surface area contributed by atoms with Crippen molar-refractivity contribution in [1.82, 2.24) is 0 Å². The highest BCUT2D eigenvalue weighted by molar-refractivity contribution is 6.18. The number of ether oxygens (including phenoxy) is 4. The van der Waals surface area contributed by atoms with E-state index in [-0.39, 0.29) is 25.1 Å². The van der Waals surface area contributed by atoms with E-state index in [1.54, 1.807) is 13.2 Å². The van der Waals surface area contributed by atoms with Crippen molar-refractivity contribution in [3.63, 3.8) is 0 Å². The Morgan fingerprint density at radius 2 is 2.18 bits per heavy atom. The van der Waals surface area contributed by atoms with Crippen LogP contribution in [0.2, 0.25) is 0 Å². The topological polar surface area (TPSA) is 36.9 Å². The predicted molar refractivity (Wildman–Crippen MR) is 66.1 cm³/mol. The van der Waals surface area contributed by atoms with Crippen LogP contribution in [0.3, 0.4) is 0 Å². The first-order chi connectivity index (χ1) is 8.04. The average Bonchev–Trinajstić information content (AvgIpc) is 2.60. The van der Waals surface area contributed by atoms with Crippen LogP contribution in [0.25, 0.3) is 0 Å². The van der Waals surface area contributed by atoms with E-state index < -0.39 is 5.79 Å². The second-order valence-electron chi connectivity index (χ2n) is 4.43. The molecule has 1 saturated heterocycles. The molecule has 17 heavy (non-hydrogen) atoms. The van der Waals surface area contributed by atoms with Crippen molar-refractivity contribution < 1.29 is 18.9 Å². The first-order valence-electron chi connectivity index (χ1n) is 5.67. The largest absolute Gasteiger partial charge is 0.359 e. The standard InChI is InChI=1S/C12H21ClO4/c1-5-6-9(15-8-14-4)11-10(7-13)16-12(2,3)17-11/h5,9-11H,1,6-8H2,2-4H3/t9-,10-,11-/m0/s1. The van der Waals surface area contributed by atoms with Crippen LogP contribution in [0.1, 0.15) is 20.3 Å². The average molecular weight is 265 g/mol. The van der Waals surface area contributed by atoms with Crippen LogP contribution in [-0.4, -0.2) is 43.9 Å². The van der Waals surface area contributed by atoms with Gasteiger partial charge in [0.1, 0.15) is 19.0 Å². The molecule has 0 aromatic heterocycles. The van der Waals surface area contributed by atoms with Gasteiger partial charge in [0.05, 0.1) is 12.0 Å². The summed E-state index contributed by atoms with van der Waals surface area (Å²) >= 11 is 5.89. The molecule has 0 N–H and O–H groups in total. The molecule has 1 heterocycles. The van der Waals surface area contributed by atoms with E-state index in [4.69, 9.17) is 30.5 Å². The molecule has 0 aliphatic carbocycles. The molecule has 4 nitrogen and oxygen atoms in total. The number of hydrogen-bond donors (Lipinski definition) is 0. The summed E-state index contributed by atoms with van der Waals surface area (Å²) in [4.78, 5) is 0. The van der Waals surface area contributed by atoms with Crippen molar-refractivity contribution >= 4 is 11.6 Å². The minimum Gasteiger partial charge on any atom is -0.359 e. The second-order valence-corrected chi connectivity index (χ2v) is 4.74. The Hall–Kier alpha value is -0.130. The van der Waals surface area contributed by atoms with Gasteiger partial charge in [-0.15, -0.1) is 18.2 Å². The monoisotopic (exact) mass is 264 g/mol. The highest BCUT2D eigenvalue weighted by Gasteiger charge is 2.44. The molecule has 5 heteroatoms. The number of alkyl halides is 1. The third-order valence-electron chi connectivity index (χ3n) is 2.54. The van der Waals surface area contributed by atoms with Gasteiger partial charge in [-0.1, -0.05) is 6.08 Å². The zero-order valence-electron chi connectivity index (χ0n) is 10.6. The van der Waals surface area contributed by atoms with Gasteiger partial charge in [0.15, 0.2) is 5.79 Å². The highest BCUT2D eigenvalue weighted by Crippen LogP contribution is 2.32. The van der Waals surface area contributed by atoms with Crippen molar-refractivity contribution in [2.75, 3.05) is 19.8 Å². The molecule has 0 bridgehead atoms. The Kier molecular flexibility index (Phi) is 5.89. The quantitative estimate of drug-likeness (QED) is 0.402. The molecular formula is C12H21ClO4. The lowest BCUT2D eigenvalue weighted by molar-refractivity contribution is -0.169. The fraction of sp³-hybridized carbons (Fsp3) is 0.833. The third-order valence-corrected chi connectivity index (χ3v) is 2.84. The molecule has 0 saturated carbocycles. The van der Waals surface area contributed by atoms with Gasteiger partial charge in [0.25, 0.3) is 0 Å². The summed E-state index contributed by atoms with van der Waals surface area (Å²) in [6.45, 7) is 7.67. The maximum absolute atomic E-state index is 5.89. The van der Waals surface area contributed by atoms with Crippen LogP contribution in [0.4, 0.5) is 0 Å². The molecule has 0 spiro atoms. The van der Waals surface area contributed by atoms with Gasteiger partial charge in [-0.05, 0) is 20.3 Å². The van der Waals surface area contributed by atoms with E-state index in [0.717, 1.165) is 0 Å². The zero-order chi connectivity index (χ0) is 12.9. The third kappa shape index (κ3) is 4.23. The van der Waals surface area contributed by atoms with Gasteiger partial charge in [-0.3, -0.25) is 0 Å². The summed E-state index contributed by atoms with van der Waals surface area (Å²) in [6.07, 6.45) is 1.93. The summed E-state index contributed by atoms with van der Waals surface area (Å²) in [7, 11) is 1.58. The highest BCUT2D eigenvalue weighted by atomic mass is 35.5. The maximum Gasteiger partial charge on any atom is 0.163 e. The Morgan fingerprint density at radius 3 is 2.71 bits per heavy atom. The number of hydrogen-bond acceptors (Lipinski definition) is 4. The van der Waals surface area contributed by atoms with Gasteiger partial charge in [-0.25, -0.2) is 0 Å². The van der Waals surface area contributed by atoms with E-state index in [1.807, 2.05) is 13.8 Å². The fourth-order valence-corrected chi connectivity index (χ4v) is 2.15. The summed E-state index contributed by atoms with van der Waals surface area (Å²) in [5.74, 6) is -0.252. The van der Waals surface area contributed by atoms with Crippen molar-refractivity contribution in [2.45, 2.75) is 44.4 Å². The lowest BCUT2D eigenvalue weighted by atomic mass is 10.1. The Morgan fingerprint density at radius 1 is 1.47 bits per heavy atom. The Balaban J connectivity index is 2.67. The van der Waals surface area contributed by atoms with E-state index in [9.17, 15) is 0 Å². The molecule has 100 valence electrons. The summed E-state index contributed by atoms with van der Waals surface area (Å²) in [5, 5.41) is 0. The molecular weight excluding hydrogens is 244 g/mol. The van der Waals surface area contributed by atoms with E-state index in [0.29, 0.717) is 12.3 Å². The van der Waals surface area contributed by atoms with Gasteiger partial charge in [-0.2, -0.15) is 0 Å². The summed E-state index contributed by atoms with van der Waals surface area (Å²) < 4.78 is 22.0. The van der Waals surface area contributed by atoms with Crippen LogP contribution in [0.15, 0.2) is 12.7 Å². The van der Waals surface area contributed by atoms with Gasteiger partial charge >= 0.3 is 0 Å². The maximum atomic E-state index is 5.89. The van der Waals surface area contributed by atoms with Gasteiger partial charge in [0, 0.05) is 7.11 Å². The van der Waals surface area contributed by atoms with E-state index >= 15 is 0 Å². The molecule has 0 aromatic rings. The number of halogens is 1. The molecule has 1 fully saturated rings. The first kappa shape index (κ1) is 14.9. The minimum absolute atomic E-state index is 0.155. The molecule has 1 aliphatic heterocycles. The SMILES string of the molecule is C=CC[C@H](OCOC)[C@@H]1OC(C)(C)O[C@H]1CCl. The smallest absolute Gasteiger partial charge is 0.163 e. The predicted octanol–water partition coefficient (Wildman–Crippen LogP) is 2.31. The van der Waals surface area contributed by atoms with Crippen LogP contribution in [0, 0.1) is 0 Å². The van der Waals surface area contributed by atoms with Crippen molar-refractivity contribution in [1.29, 1.82) is 0 Å².